The topological polar surface area (TPSA) is 118 Å². The van der Waals surface area contributed by atoms with Gasteiger partial charge in [-0.25, -0.2) is 0 Å². The zero-order chi connectivity index (χ0) is 24.0. The molecule has 174 valence electrons. The van der Waals surface area contributed by atoms with Gasteiger partial charge in [0.2, 0.25) is 5.69 Å². The minimum absolute atomic E-state index is 0.113. The van der Waals surface area contributed by atoms with Crippen LogP contribution < -0.4 is 19.5 Å². The quantitative estimate of drug-likeness (QED) is 0.359. The Morgan fingerprint density at radius 3 is 2.36 bits per heavy atom. The van der Waals surface area contributed by atoms with Gasteiger partial charge in [-0.2, -0.15) is 5.10 Å². The van der Waals surface area contributed by atoms with E-state index >= 15 is 0 Å². The van der Waals surface area contributed by atoms with Crippen LogP contribution in [0.4, 0.5) is 11.4 Å². The molecule has 1 heterocycles. The lowest BCUT2D eigenvalue weighted by Gasteiger charge is -2.13. The molecule has 0 saturated carbocycles. The summed E-state index contributed by atoms with van der Waals surface area (Å²) in [4.78, 5) is 23.3. The van der Waals surface area contributed by atoms with E-state index in [4.69, 9.17) is 14.2 Å². The molecule has 2 aromatic carbocycles. The van der Waals surface area contributed by atoms with Crippen molar-refractivity contribution in [1.82, 2.24) is 9.78 Å². The molecule has 0 unspecified atom stereocenters. The van der Waals surface area contributed by atoms with Gasteiger partial charge in [0.05, 0.1) is 18.1 Å². The Morgan fingerprint density at radius 1 is 1.06 bits per heavy atom. The van der Waals surface area contributed by atoms with Gasteiger partial charge in [-0.1, -0.05) is 6.07 Å². The fourth-order valence-corrected chi connectivity index (χ4v) is 3.30. The van der Waals surface area contributed by atoms with Gasteiger partial charge < -0.3 is 19.5 Å². The third kappa shape index (κ3) is 5.59. The van der Waals surface area contributed by atoms with Gasteiger partial charge in [-0.15, -0.1) is 0 Å². The maximum absolute atomic E-state index is 12.6. The van der Waals surface area contributed by atoms with E-state index in [2.05, 4.69) is 10.4 Å². The second kappa shape index (κ2) is 10.5. The molecule has 1 aromatic heterocycles. The van der Waals surface area contributed by atoms with Crippen LogP contribution in [0.2, 0.25) is 0 Å². The molecule has 0 aliphatic carbocycles. The summed E-state index contributed by atoms with van der Waals surface area (Å²) in [6.07, 6.45) is 0. The fraction of sp³-hybridized carbons (Fsp3) is 0.304. The molecular weight excluding hydrogens is 428 g/mol. The minimum Gasteiger partial charge on any atom is -0.490 e. The number of aromatic nitrogens is 2. The molecule has 0 fully saturated rings. The van der Waals surface area contributed by atoms with Crippen molar-refractivity contribution >= 4 is 17.3 Å². The summed E-state index contributed by atoms with van der Waals surface area (Å²) in [5, 5.41) is 17.9. The van der Waals surface area contributed by atoms with Gasteiger partial charge in [0.15, 0.2) is 11.5 Å². The zero-order valence-electron chi connectivity index (χ0n) is 19.0. The summed E-state index contributed by atoms with van der Waals surface area (Å²) in [5.41, 5.74) is 1.15. The number of ether oxygens (including phenoxy) is 3. The number of amides is 1. The van der Waals surface area contributed by atoms with Crippen molar-refractivity contribution in [2.75, 3.05) is 18.5 Å². The first-order valence-electron chi connectivity index (χ1n) is 10.4. The van der Waals surface area contributed by atoms with E-state index in [9.17, 15) is 14.9 Å². The minimum atomic E-state index is -0.615. The molecule has 0 aliphatic heterocycles. The Labute approximate surface area is 191 Å². The van der Waals surface area contributed by atoms with E-state index in [-0.39, 0.29) is 17.1 Å². The molecule has 10 nitrogen and oxygen atoms in total. The number of rotatable bonds is 10. The second-order valence-corrected chi connectivity index (χ2v) is 7.08. The van der Waals surface area contributed by atoms with Crippen molar-refractivity contribution in [3.63, 3.8) is 0 Å². The van der Waals surface area contributed by atoms with Crippen LogP contribution in [0, 0.1) is 17.0 Å². The molecule has 0 bridgehead atoms. The molecule has 3 aromatic rings. The largest absolute Gasteiger partial charge is 0.490 e. The monoisotopic (exact) mass is 454 g/mol. The van der Waals surface area contributed by atoms with E-state index in [1.165, 1.54) is 18.7 Å². The highest BCUT2D eigenvalue weighted by atomic mass is 16.6. The summed E-state index contributed by atoms with van der Waals surface area (Å²) in [6, 6.07) is 12.4. The standard InChI is InChI=1S/C23H26N4O6/c1-5-31-19-12-7-16(13-20(19)32-6-2)14-33-18-10-8-17(9-11-18)24-23(28)22-21(27(29)30)15(3)25-26(22)4/h7-13H,5-6,14H2,1-4H3,(H,24,28). The van der Waals surface area contributed by atoms with Crippen molar-refractivity contribution in [3.05, 3.63) is 69.5 Å². The number of carbonyl (C=O) groups excluding carboxylic acids is 1. The molecule has 10 heteroatoms. The number of anilines is 1. The van der Waals surface area contributed by atoms with Gasteiger partial charge in [0.1, 0.15) is 18.1 Å². The number of aryl methyl sites for hydroxylation is 2. The Kier molecular flexibility index (Phi) is 7.50. The average Bonchev–Trinajstić information content (AvgIpc) is 3.09. The Balaban J connectivity index is 1.65. The van der Waals surface area contributed by atoms with Crippen LogP contribution in [0.15, 0.2) is 42.5 Å². The summed E-state index contributed by atoms with van der Waals surface area (Å²) in [5.74, 6) is 1.34. The number of nitrogens with zero attached hydrogens (tertiary/aromatic N) is 3. The van der Waals surface area contributed by atoms with Crippen LogP contribution in [0.3, 0.4) is 0 Å². The summed E-state index contributed by atoms with van der Waals surface area (Å²) in [7, 11) is 1.49. The predicted octanol–water partition coefficient (Wildman–Crippen LogP) is 4.27. The van der Waals surface area contributed by atoms with Crippen LogP contribution in [-0.2, 0) is 13.7 Å². The zero-order valence-corrected chi connectivity index (χ0v) is 19.0. The van der Waals surface area contributed by atoms with E-state index in [0.29, 0.717) is 42.8 Å². The summed E-state index contributed by atoms with van der Waals surface area (Å²) in [6.45, 7) is 6.71. The highest BCUT2D eigenvalue weighted by Gasteiger charge is 2.29. The van der Waals surface area contributed by atoms with Crippen molar-refractivity contribution in [2.24, 2.45) is 7.05 Å². The fourth-order valence-electron chi connectivity index (χ4n) is 3.30. The van der Waals surface area contributed by atoms with Crippen LogP contribution in [0.1, 0.15) is 35.6 Å². The number of benzene rings is 2. The van der Waals surface area contributed by atoms with E-state index in [0.717, 1.165) is 5.56 Å². The van der Waals surface area contributed by atoms with Crippen molar-refractivity contribution in [1.29, 1.82) is 0 Å². The maximum Gasteiger partial charge on any atom is 0.322 e. The first-order chi connectivity index (χ1) is 15.8. The van der Waals surface area contributed by atoms with E-state index in [1.54, 1.807) is 24.3 Å². The predicted molar refractivity (Wildman–Crippen MR) is 122 cm³/mol. The maximum atomic E-state index is 12.6. The molecule has 1 N–H and O–H groups in total. The van der Waals surface area contributed by atoms with Gasteiger partial charge in [0.25, 0.3) is 5.91 Å². The molecule has 3 rings (SSSR count). The van der Waals surface area contributed by atoms with Crippen molar-refractivity contribution in [3.8, 4) is 17.2 Å². The third-order valence-electron chi connectivity index (χ3n) is 4.71. The Bertz CT molecular complexity index is 1140. The molecule has 0 atom stereocenters. The highest BCUT2D eigenvalue weighted by molar-refractivity contribution is 6.06. The lowest BCUT2D eigenvalue weighted by Crippen LogP contribution is -2.17. The van der Waals surface area contributed by atoms with Gasteiger partial charge >= 0.3 is 5.69 Å². The molecular formula is C23H26N4O6. The number of hydrogen-bond donors (Lipinski definition) is 1. The van der Waals surface area contributed by atoms with Gasteiger partial charge in [-0.3, -0.25) is 19.6 Å². The van der Waals surface area contributed by atoms with E-state index in [1.807, 2.05) is 32.0 Å². The molecule has 0 aliphatic rings. The smallest absolute Gasteiger partial charge is 0.322 e. The first-order valence-corrected chi connectivity index (χ1v) is 10.4. The molecule has 0 radical (unpaired) electrons. The third-order valence-corrected chi connectivity index (χ3v) is 4.71. The second-order valence-electron chi connectivity index (χ2n) is 7.08. The average molecular weight is 454 g/mol. The lowest BCUT2D eigenvalue weighted by molar-refractivity contribution is -0.385. The van der Waals surface area contributed by atoms with E-state index < -0.39 is 10.8 Å². The number of hydrogen-bond acceptors (Lipinski definition) is 7. The van der Waals surface area contributed by atoms with Crippen LogP contribution >= 0.6 is 0 Å². The first kappa shape index (κ1) is 23.6. The van der Waals surface area contributed by atoms with Crippen LogP contribution in [0.5, 0.6) is 17.2 Å². The van der Waals surface area contributed by atoms with Crippen molar-refractivity contribution < 1.29 is 23.9 Å². The molecule has 0 spiro atoms. The van der Waals surface area contributed by atoms with Crippen LogP contribution in [-0.4, -0.2) is 33.8 Å². The normalized spacial score (nSPS) is 10.5. The Hall–Kier alpha value is -4.08. The van der Waals surface area contributed by atoms with Crippen LogP contribution in [0.25, 0.3) is 0 Å². The van der Waals surface area contributed by atoms with Crippen molar-refractivity contribution in [2.45, 2.75) is 27.4 Å². The SMILES string of the molecule is CCOc1ccc(COc2ccc(NC(=O)c3c([N+](=O)[O-])c(C)nn3C)cc2)cc1OCC. The number of carbonyl (C=O) groups is 1. The van der Waals surface area contributed by atoms with Gasteiger partial charge in [-0.05, 0) is 62.7 Å². The Morgan fingerprint density at radius 2 is 1.73 bits per heavy atom. The highest BCUT2D eigenvalue weighted by Crippen LogP contribution is 2.29. The molecule has 0 saturated heterocycles. The lowest BCUT2D eigenvalue weighted by atomic mass is 10.2. The van der Waals surface area contributed by atoms with Gasteiger partial charge in [0, 0.05) is 12.7 Å². The molecule has 1 amide bonds. The number of nitro groups is 1. The summed E-state index contributed by atoms with van der Waals surface area (Å²) >= 11 is 0. The molecule has 33 heavy (non-hydrogen) atoms. The summed E-state index contributed by atoms with van der Waals surface area (Å²) < 4.78 is 18.2. The number of nitrogens with one attached hydrogen (secondary N) is 1.